The number of carbonyl (C=O) groups excluding carboxylic acids is 1. The maximum atomic E-state index is 13.2. The average Bonchev–Trinajstić information content (AvgIpc) is 3.13. The van der Waals surface area contributed by atoms with Crippen LogP contribution in [0.4, 0.5) is 5.69 Å². The van der Waals surface area contributed by atoms with E-state index in [9.17, 15) is 4.79 Å². The highest BCUT2D eigenvalue weighted by atomic mass is 16.2. The van der Waals surface area contributed by atoms with Crippen molar-refractivity contribution in [2.45, 2.75) is 25.8 Å². The first kappa shape index (κ1) is 15.4. The Bertz CT molecular complexity index is 726. The standard InChI is InChI=1S/C19H24N4O/c1-21-13-16(12-20-21)14-22-10-5-8-19(15-22)9-11-23(18(19)24)17-6-3-2-4-7-17/h2-4,6-7,12-13H,5,8-11,14-15H2,1H3/t19-/m1/s1. The fraction of sp³-hybridized carbons (Fsp3) is 0.474. The zero-order valence-corrected chi connectivity index (χ0v) is 14.2. The van der Waals surface area contributed by atoms with Crippen LogP contribution in [0.5, 0.6) is 0 Å². The van der Waals surface area contributed by atoms with E-state index in [2.05, 4.69) is 16.2 Å². The SMILES string of the molecule is Cn1cc(CN2CCC[C@@]3(CCN(c4ccccc4)C3=O)C2)cn1. The first-order valence-corrected chi connectivity index (χ1v) is 8.73. The van der Waals surface area contributed by atoms with Gasteiger partial charge < -0.3 is 4.90 Å². The molecular formula is C19H24N4O. The molecule has 0 aliphatic carbocycles. The number of benzene rings is 1. The van der Waals surface area contributed by atoms with Gasteiger partial charge in [0.05, 0.1) is 11.6 Å². The number of rotatable bonds is 3. The van der Waals surface area contributed by atoms with Crippen molar-refractivity contribution in [2.75, 3.05) is 24.5 Å². The summed E-state index contributed by atoms with van der Waals surface area (Å²) in [5.74, 6) is 0.310. The highest BCUT2D eigenvalue weighted by Gasteiger charge is 2.49. The van der Waals surface area contributed by atoms with Crippen LogP contribution in [0.25, 0.3) is 0 Å². The van der Waals surface area contributed by atoms with Gasteiger partial charge in [0.2, 0.25) is 5.91 Å². The van der Waals surface area contributed by atoms with Crippen LogP contribution in [-0.2, 0) is 18.4 Å². The van der Waals surface area contributed by atoms with Gasteiger partial charge >= 0.3 is 0 Å². The van der Waals surface area contributed by atoms with Crippen LogP contribution in [-0.4, -0.2) is 40.2 Å². The van der Waals surface area contributed by atoms with E-state index < -0.39 is 0 Å². The Kier molecular flexibility index (Phi) is 3.88. The Labute approximate surface area is 142 Å². The lowest BCUT2D eigenvalue weighted by Crippen LogP contribution is -2.47. The Morgan fingerprint density at radius 2 is 2.00 bits per heavy atom. The number of likely N-dealkylation sites (tertiary alicyclic amines) is 1. The Hall–Kier alpha value is -2.14. The number of amides is 1. The number of para-hydroxylation sites is 1. The van der Waals surface area contributed by atoms with Crippen molar-refractivity contribution in [2.24, 2.45) is 12.5 Å². The van der Waals surface area contributed by atoms with Crippen LogP contribution in [0.2, 0.25) is 0 Å². The molecule has 2 fully saturated rings. The summed E-state index contributed by atoms with van der Waals surface area (Å²) >= 11 is 0. The van der Waals surface area contributed by atoms with Crippen LogP contribution in [0.3, 0.4) is 0 Å². The number of aryl methyl sites for hydroxylation is 1. The second kappa shape index (κ2) is 6.06. The molecule has 0 bridgehead atoms. The summed E-state index contributed by atoms with van der Waals surface area (Å²) in [5.41, 5.74) is 2.06. The number of piperidine rings is 1. The summed E-state index contributed by atoms with van der Waals surface area (Å²) in [4.78, 5) is 17.6. The molecule has 24 heavy (non-hydrogen) atoms. The first-order valence-electron chi connectivity index (χ1n) is 8.73. The van der Waals surface area contributed by atoms with Gasteiger partial charge in [0.25, 0.3) is 0 Å². The molecule has 1 aromatic carbocycles. The zero-order chi connectivity index (χ0) is 16.6. The van der Waals surface area contributed by atoms with Gasteiger partial charge in [-0.3, -0.25) is 14.4 Å². The van der Waals surface area contributed by atoms with Crippen LogP contribution in [0, 0.1) is 5.41 Å². The van der Waals surface area contributed by atoms with Crippen molar-refractivity contribution < 1.29 is 4.79 Å². The quantitative estimate of drug-likeness (QED) is 0.871. The predicted molar refractivity (Wildman–Crippen MR) is 93.6 cm³/mol. The van der Waals surface area contributed by atoms with E-state index in [1.165, 1.54) is 5.56 Å². The molecule has 0 N–H and O–H groups in total. The molecule has 2 aliphatic rings. The predicted octanol–water partition coefficient (Wildman–Crippen LogP) is 2.44. The van der Waals surface area contributed by atoms with Gasteiger partial charge in [-0.1, -0.05) is 18.2 Å². The molecule has 126 valence electrons. The van der Waals surface area contributed by atoms with Crippen molar-refractivity contribution in [3.63, 3.8) is 0 Å². The summed E-state index contributed by atoms with van der Waals surface area (Å²) in [5, 5.41) is 4.25. The zero-order valence-electron chi connectivity index (χ0n) is 14.2. The van der Waals surface area contributed by atoms with Crippen LogP contribution >= 0.6 is 0 Å². The smallest absolute Gasteiger partial charge is 0.234 e. The van der Waals surface area contributed by atoms with E-state index in [-0.39, 0.29) is 5.41 Å². The molecule has 0 radical (unpaired) electrons. The Balaban J connectivity index is 1.49. The molecule has 4 rings (SSSR count). The second-order valence-electron chi connectivity index (χ2n) is 7.16. The van der Waals surface area contributed by atoms with Crippen molar-refractivity contribution in [3.05, 3.63) is 48.3 Å². The first-order chi connectivity index (χ1) is 11.7. The summed E-state index contributed by atoms with van der Waals surface area (Å²) in [6, 6.07) is 10.1. The van der Waals surface area contributed by atoms with E-state index in [0.29, 0.717) is 5.91 Å². The molecule has 5 heteroatoms. The minimum absolute atomic E-state index is 0.198. The minimum atomic E-state index is -0.198. The molecule has 5 nitrogen and oxygen atoms in total. The van der Waals surface area contributed by atoms with Crippen LogP contribution in [0.15, 0.2) is 42.7 Å². The monoisotopic (exact) mass is 324 g/mol. The largest absolute Gasteiger partial charge is 0.312 e. The lowest BCUT2D eigenvalue weighted by atomic mass is 9.78. The normalized spacial score (nSPS) is 24.9. The number of anilines is 1. The van der Waals surface area contributed by atoms with E-state index in [4.69, 9.17) is 0 Å². The summed E-state index contributed by atoms with van der Waals surface area (Å²) < 4.78 is 1.84. The van der Waals surface area contributed by atoms with E-state index in [1.54, 1.807) is 0 Å². The number of hydrogen-bond acceptors (Lipinski definition) is 3. The number of hydrogen-bond donors (Lipinski definition) is 0. The van der Waals surface area contributed by atoms with Gasteiger partial charge in [0.1, 0.15) is 0 Å². The maximum Gasteiger partial charge on any atom is 0.234 e. The van der Waals surface area contributed by atoms with Crippen LogP contribution < -0.4 is 4.90 Å². The molecule has 1 amide bonds. The van der Waals surface area contributed by atoms with Crippen molar-refractivity contribution in [3.8, 4) is 0 Å². The maximum absolute atomic E-state index is 13.2. The molecule has 2 saturated heterocycles. The second-order valence-corrected chi connectivity index (χ2v) is 7.16. The Morgan fingerprint density at radius 1 is 1.17 bits per heavy atom. The molecule has 0 unspecified atom stereocenters. The molecule has 1 spiro atoms. The molecule has 2 aromatic rings. The molecule has 1 aromatic heterocycles. The number of nitrogens with zero attached hydrogens (tertiary/aromatic N) is 4. The molecule has 0 saturated carbocycles. The molecule has 1 atom stereocenters. The van der Waals surface area contributed by atoms with E-state index in [1.807, 2.05) is 53.2 Å². The van der Waals surface area contributed by atoms with E-state index in [0.717, 1.165) is 51.1 Å². The molecular weight excluding hydrogens is 300 g/mol. The third-order valence-corrected chi connectivity index (χ3v) is 5.40. The highest BCUT2D eigenvalue weighted by Crippen LogP contribution is 2.42. The highest BCUT2D eigenvalue weighted by molar-refractivity contribution is 6.00. The molecule has 3 heterocycles. The fourth-order valence-electron chi connectivity index (χ4n) is 4.23. The number of carbonyl (C=O) groups is 1. The topological polar surface area (TPSA) is 41.4 Å². The lowest BCUT2D eigenvalue weighted by Gasteiger charge is -2.38. The van der Waals surface area contributed by atoms with Crippen LogP contribution in [0.1, 0.15) is 24.8 Å². The average molecular weight is 324 g/mol. The lowest BCUT2D eigenvalue weighted by molar-refractivity contribution is -0.128. The minimum Gasteiger partial charge on any atom is -0.312 e. The van der Waals surface area contributed by atoms with Crippen molar-refractivity contribution in [1.82, 2.24) is 14.7 Å². The van der Waals surface area contributed by atoms with E-state index >= 15 is 0 Å². The van der Waals surface area contributed by atoms with Gasteiger partial charge in [0, 0.05) is 44.1 Å². The van der Waals surface area contributed by atoms with Crippen molar-refractivity contribution >= 4 is 11.6 Å². The van der Waals surface area contributed by atoms with Gasteiger partial charge in [0.15, 0.2) is 0 Å². The molecule has 2 aliphatic heterocycles. The summed E-state index contributed by atoms with van der Waals surface area (Å²) in [6.45, 7) is 3.65. The fourth-order valence-corrected chi connectivity index (χ4v) is 4.23. The van der Waals surface area contributed by atoms with Gasteiger partial charge in [-0.2, -0.15) is 5.10 Å². The van der Waals surface area contributed by atoms with Gasteiger partial charge in [-0.05, 0) is 37.9 Å². The van der Waals surface area contributed by atoms with Gasteiger partial charge in [-0.15, -0.1) is 0 Å². The van der Waals surface area contributed by atoms with Crippen molar-refractivity contribution in [1.29, 1.82) is 0 Å². The summed E-state index contributed by atoms with van der Waals surface area (Å²) in [6.07, 6.45) is 7.06. The third kappa shape index (κ3) is 2.73. The summed E-state index contributed by atoms with van der Waals surface area (Å²) in [7, 11) is 1.94. The number of aromatic nitrogens is 2. The Morgan fingerprint density at radius 3 is 2.75 bits per heavy atom. The van der Waals surface area contributed by atoms with Gasteiger partial charge in [-0.25, -0.2) is 0 Å². The third-order valence-electron chi connectivity index (χ3n) is 5.40.